The molecule has 0 fully saturated rings. The van der Waals surface area contributed by atoms with E-state index in [2.05, 4.69) is 20.9 Å². The van der Waals surface area contributed by atoms with Gasteiger partial charge in [0.05, 0.1) is 11.6 Å². The number of alkyl halides is 3. The summed E-state index contributed by atoms with van der Waals surface area (Å²) in [6.07, 6.45) is -1.42. The molecule has 0 aromatic carbocycles. The number of nitriles is 1. The van der Waals surface area contributed by atoms with E-state index in [0.717, 1.165) is 0 Å². The normalized spacial score (nSPS) is 10.1. The van der Waals surface area contributed by atoms with Gasteiger partial charge in [-0.25, -0.2) is 8.78 Å². The average molecular weight is 247 g/mol. The number of halogens is 3. The summed E-state index contributed by atoms with van der Waals surface area (Å²) in [5, 5.41) is 8.82. The molecule has 0 atom stereocenters. The van der Waals surface area contributed by atoms with Crippen molar-refractivity contribution >= 4 is 15.9 Å². The molecular weight excluding hydrogens is 242 g/mol. The molecule has 68 valence electrons. The van der Waals surface area contributed by atoms with E-state index in [1.807, 2.05) is 6.07 Å². The minimum Gasteiger partial charge on any atom is -0.255 e. The van der Waals surface area contributed by atoms with Crippen LogP contribution in [0.15, 0.2) is 12.3 Å². The van der Waals surface area contributed by atoms with Gasteiger partial charge >= 0.3 is 0 Å². The molecule has 0 bridgehead atoms. The molecule has 13 heavy (non-hydrogen) atoms. The molecule has 1 aromatic rings. The second-order valence-electron chi connectivity index (χ2n) is 2.27. The first-order valence-electron chi connectivity index (χ1n) is 3.42. The van der Waals surface area contributed by atoms with Crippen LogP contribution in [0.3, 0.4) is 0 Å². The van der Waals surface area contributed by atoms with Gasteiger partial charge in [-0.2, -0.15) is 5.26 Å². The summed E-state index contributed by atoms with van der Waals surface area (Å²) in [4.78, 5) is 3.53. The lowest BCUT2D eigenvalue weighted by molar-refractivity contribution is 0.145. The molecule has 0 amide bonds. The van der Waals surface area contributed by atoms with Gasteiger partial charge < -0.3 is 0 Å². The molecule has 0 unspecified atom stereocenters. The van der Waals surface area contributed by atoms with Crippen LogP contribution in [0.5, 0.6) is 0 Å². The first kappa shape index (κ1) is 10.1. The Balaban J connectivity index is 3.29. The number of pyridine rings is 1. The maximum atomic E-state index is 12.3. The lowest BCUT2D eigenvalue weighted by Crippen LogP contribution is -1.99. The van der Waals surface area contributed by atoms with E-state index in [9.17, 15) is 8.78 Å². The van der Waals surface area contributed by atoms with Gasteiger partial charge in [0.15, 0.2) is 0 Å². The van der Waals surface area contributed by atoms with E-state index in [1.165, 1.54) is 12.3 Å². The molecule has 0 radical (unpaired) electrons. The summed E-state index contributed by atoms with van der Waals surface area (Å²) in [6, 6.07) is 3.26. The molecule has 1 rings (SSSR count). The van der Waals surface area contributed by atoms with E-state index in [1.54, 1.807) is 0 Å². The van der Waals surface area contributed by atoms with Crippen LogP contribution in [0.4, 0.5) is 8.78 Å². The third-order valence-electron chi connectivity index (χ3n) is 1.55. The monoisotopic (exact) mass is 246 g/mol. The van der Waals surface area contributed by atoms with E-state index in [4.69, 9.17) is 5.26 Å². The highest BCUT2D eigenvalue weighted by Crippen LogP contribution is 2.24. The summed E-state index contributed by atoms with van der Waals surface area (Å²) in [5.74, 6) is 0. The van der Waals surface area contributed by atoms with Gasteiger partial charge in [0.25, 0.3) is 6.43 Å². The lowest BCUT2D eigenvalue weighted by Gasteiger charge is -2.05. The molecule has 1 heterocycles. The Labute approximate surface area is 82.3 Å². The van der Waals surface area contributed by atoms with E-state index < -0.39 is 6.43 Å². The molecule has 0 spiro atoms. The second kappa shape index (κ2) is 4.28. The Hall–Kier alpha value is -1.02. The molecule has 5 heteroatoms. The second-order valence-corrected chi connectivity index (χ2v) is 2.83. The predicted molar refractivity (Wildman–Crippen MR) is 46.5 cm³/mol. The minimum atomic E-state index is -2.64. The summed E-state index contributed by atoms with van der Waals surface area (Å²) in [7, 11) is 0. The van der Waals surface area contributed by atoms with Crippen LogP contribution in [0.25, 0.3) is 0 Å². The number of hydrogen-bond acceptors (Lipinski definition) is 2. The van der Waals surface area contributed by atoms with Gasteiger partial charge in [-0.15, -0.1) is 0 Å². The summed E-state index contributed by atoms with van der Waals surface area (Å²) in [5.41, 5.74) is 0.179. The zero-order chi connectivity index (χ0) is 9.84. The van der Waals surface area contributed by atoms with E-state index >= 15 is 0 Å². The third kappa shape index (κ3) is 2.01. The molecule has 0 saturated heterocycles. The van der Waals surface area contributed by atoms with Crippen molar-refractivity contribution in [3.63, 3.8) is 0 Å². The molecule has 0 aliphatic carbocycles. The number of nitrogens with zero attached hydrogens (tertiary/aromatic N) is 2. The zero-order valence-electron chi connectivity index (χ0n) is 6.47. The Bertz CT molecular complexity index is 346. The first-order valence-corrected chi connectivity index (χ1v) is 4.54. The van der Waals surface area contributed by atoms with Gasteiger partial charge in [-0.1, -0.05) is 15.9 Å². The molecule has 0 aliphatic rings. The van der Waals surface area contributed by atoms with Crippen molar-refractivity contribution in [2.45, 2.75) is 11.8 Å². The van der Waals surface area contributed by atoms with Crippen LogP contribution in [0, 0.1) is 11.3 Å². The number of hydrogen-bond donors (Lipinski definition) is 0. The van der Waals surface area contributed by atoms with Crippen molar-refractivity contribution in [3.05, 3.63) is 29.1 Å². The lowest BCUT2D eigenvalue weighted by atomic mass is 10.1. The van der Waals surface area contributed by atoms with E-state index in [-0.39, 0.29) is 22.2 Å². The topological polar surface area (TPSA) is 36.7 Å². The Morgan fingerprint density at radius 1 is 1.62 bits per heavy atom. The van der Waals surface area contributed by atoms with Gasteiger partial charge in [0.2, 0.25) is 0 Å². The quantitative estimate of drug-likeness (QED) is 0.753. The molecule has 2 nitrogen and oxygen atoms in total. The van der Waals surface area contributed by atoms with Crippen LogP contribution in [0.2, 0.25) is 0 Å². The zero-order valence-corrected chi connectivity index (χ0v) is 8.05. The Morgan fingerprint density at radius 2 is 2.31 bits per heavy atom. The first-order chi connectivity index (χ1) is 6.20. The van der Waals surface area contributed by atoms with Crippen LogP contribution >= 0.6 is 15.9 Å². The fraction of sp³-hybridized carbons (Fsp3) is 0.250. The van der Waals surface area contributed by atoms with Crippen LogP contribution in [-0.4, -0.2) is 4.98 Å². The van der Waals surface area contributed by atoms with Crippen LogP contribution in [0.1, 0.15) is 23.2 Å². The van der Waals surface area contributed by atoms with Crippen molar-refractivity contribution in [2.75, 3.05) is 0 Å². The van der Waals surface area contributed by atoms with Gasteiger partial charge in [0, 0.05) is 17.1 Å². The highest BCUT2D eigenvalue weighted by atomic mass is 79.9. The molecule has 0 saturated carbocycles. The molecule has 0 aliphatic heterocycles. The van der Waals surface area contributed by atoms with Gasteiger partial charge in [-0.3, -0.25) is 4.98 Å². The number of rotatable bonds is 2. The number of aromatic nitrogens is 1. The summed E-state index contributed by atoms with van der Waals surface area (Å²) in [6.45, 7) is 0. The van der Waals surface area contributed by atoms with Crippen LogP contribution in [-0.2, 0) is 5.33 Å². The molecule has 0 N–H and O–H groups in total. The highest BCUT2D eigenvalue weighted by Gasteiger charge is 2.16. The molecule has 1 aromatic heterocycles. The Morgan fingerprint density at radius 3 is 2.77 bits per heavy atom. The SMILES string of the molecule is N#Cc1ccnc(C(F)F)c1CBr. The van der Waals surface area contributed by atoms with Crippen molar-refractivity contribution in [1.29, 1.82) is 5.26 Å². The fourth-order valence-corrected chi connectivity index (χ4v) is 1.53. The van der Waals surface area contributed by atoms with Crippen LogP contribution < -0.4 is 0 Å². The standard InChI is InChI=1S/C8H5BrF2N2/c9-3-6-5(4-12)1-2-13-7(6)8(10)11/h1-2,8H,3H2. The summed E-state index contributed by atoms with van der Waals surface area (Å²) < 4.78 is 24.7. The smallest absolute Gasteiger partial charge is 0.255 e. The highest BCUT2D eigenvalue weighted by molar-refractivity contribution is 9.08. The van der Waals surface area contributed by atoms with Crippen molar-refractivity contribution in [2.24, 2.45) is 0 Å². The Kier molecular flexibility index (Phi) is 3.32. The molecular formula is C8H5BrF2N2. The predicted octanol–water partition coefficient (Wildman–Crippen LogP) is 2.79. The van der Waals surface area contributed by atoms with Gasteiger partial charge in [0.1, 0.15) is 5.69 Å². The third-order valence-corrected chi connectivity index (χ3v) is 2.11. The van der Waals surface area contributed by atoms with Crippen molar-refractivity contribution in [1.82, 2.24) is 4.98 Å². The maximum absolute atomic E-state index is 12.3. The van der Waals surface area contributed by atoms with E-state index in [0.29, 0.717) is 0 Å². The largest absolute Gasteiger partial charge is 0.280 e. The maximum Gasteiger partial charge on any atom is 0.280 e. The van der Waals surface area contributed by atoms with Crippen molar-refractivity contribution < 1.29 is 8.78 Å². The summed E-state index contributed by atoms with van der Waals surface area (Å²) >= 11 is 3.04. The average Bonchev–Trinajstić information content (AvgIpc) is 2.16. The minimum absolute atomic E-state index is 0.212. The van der Waals surface area contributed by atoms with Crippen molar-refractivity contribution in [3.8, 4) is 6.07 Å². The van der Waals surface area contributed by atoms with Gasteiger partial charge in [-0.05, 0) is 6.07 Å². The fourth-order valence-electron chi connectivity index (χ4n) is 0.942.